The zero-order valence-electron chi connectivity index (χ0n) is 8.54. The van der Waals surface area contributed by atoms with E-state index in [0.717, 1.165) is 12.8 Å². The third kappa shape index (κ3) is 1.23. The molecule has 0 radical (unpaired) electrons. The molecule has 0 aromatic rings. The first-order chi connectivity index (χ1) is 6.58. The minimum absolute atomic E-state index is 0.0276. The highest BCUT2D eigenvalue weighted by atomic mass is 16.2. The molecular formula is C9H15N3O2. The number of hydrogen-bond donors (Lipinski definition) is 1. The lowest BCUT2D eigenvalue weighted by atomic mass is 10.3. The van der Waals surface area contributed by atoms with Gasteiger partial charge in [-0.15, -0.1) is 0 Å². The van der Waals surface area contributed by atoms with E-state index in [0.29, 0.717) is 13.1 Å². The van der Waals surface area contributed by atoms with E-state index in [-0.39, 0.29) is 17.6 Å². The summed E-state index contributed by atoms with van der Waals surface area (Å²) >= 11 is 0. The van der Waals surface area contributed by atoms with Crippen molar-refractivity contribution in [2.24, 2.45) is 0 Å². The lowest BCUT2D eigenvalue weighted by molar-refractivity contribution is 0.174. The smallest absolute Gasteiger partial charge is 0.328 e. The van der Waals surface area contributed by atoms with Crippen LogP contribution in [0.25, 0.3) is 0 Å². The van der Waals surface area contributed by atoms with Crippen LogP contribution in [0.1, 0.15) is 19.8 Å². The van der Waals surface area contributed by atoms with Crippen LogP contribution in [0.2, 0.25) is 0 Å². The zero-order chi connectivity index (χ0) is 10.3. The number of nitrogens with zero attached hydrogens (tertiary/aromatic N) is 2. The molecule has 2 fully saturated rings. The minimum Gasteiger partial charge on any atom is -0.341 e. The molecule has 78 valence electrons. The van der Waals surface area contributed by atoms with Crippen molar-refractivity contribution in [3.05, 3.63) is 0 Å². The van der Waals surface area contributed by atoms with Crippen LogP contribution >= 0.6 is 0 Å². The molecule has 1 saturated carbocycles. The molecule has 1 N–H and O–H groups in total. The fourth-order valence-corrected chi connectivity index (χ4v) is 1.81. The van der Waals surface area contributed by atoms with E-state index in [2.05, 4.69) is 12.2 Å². The maximum Gasteiger partial charge on any atom is 0.328 e. The first kappa shape index (κ1) is 9.30. The highest BCUT2D eigenvalue weighted by molar-refractivity contribution is 5.95. The van der Waals surface area contributed by atoms with Crippen molar-refractivity contribution in [1.82, 2.24) is 15.1 Å². The summed E-state index contributed by atoms with van der Waals surface area (Å²) in [6, 6.07) is -0.453. The summed E-state index contributed by atoms with van der Waals surface area (Å²) in [4.78, 5) is 26.1. The van der Waals surface area contributed by atoms with Crippen molar-refractivity contribution in [3.8, 4) is 0 Å². The van der Waals surface area contributed by atoms with Crippen LogP contribution in [0.5, 0.6) is 0 Å². The second kappa shape index (κ2) is 2.87. The van der Waals surface area contributed by atoms with Gasteiger partial charge in [-0.05, 0) is 19.8 Å². The van der Waals surface area contributed by atoms with E-state index in [9.17, 15) is 9.59 Å². The molecule has 2 rings (SSSR count). The highest BCUT2D eigenvalue weighted by Gasteiger charge is 2.50. The third-order valence-electron chi connectivity index (χ3n) is 3.09. The van der Waals surface area contributed by atoms with Crippen molar-refractivity contribution in [2.75, 3.05) is 20.1 Å². The molecule has 0 bridgehead atoms. The Labute approximate surface area is 83.0 Å². The lowest BCUT2D eigenvalue weighted by Crippen LogP contribution is -2.44. The Morgan fingerprint density at radius 2 is 2.07 bits per heavy atom. The second-order valence-corrected chi connectivity index (χ2v) is 4.14. The van der Waals surface area contributed by atoms with Gasteiger partial charge in [-0.25, -0.2) is 14.5 Å². The topological polar surface area (TPSA) is 52.7 Å². The molecule has 1 saturated heterocycles. The molecule has 0 unspecified atom stereocenters. The summed E-state index contributed by atoms with van der Waals surface area (Å²) in [5.41, 5.74) is 0.0276. The van der Waals surface area contributed by atoms with E-state index < -0.39 is 0 Å². The molecule has 2 aliphatic rings. The standard InChI is InChI=1S/C9H15N3O2/c1-9(3-4-9)12-6-5-11(8(12)14)7(13)10-2/h3-6H2,1-2H3,(H,10,13). The molecule has 4 amide bonds. The van der Waals surface area contributed by atoms with Crippen molar-refractivity contribution in [1.29, 1.82) is 0 Å². The van der Waals surface area contributed by atoms with E-state index in [4.69, 9.17) is 0 Å². The van der Waals surface area contributed by atoms with Gasteiger partial charge >= 0.3 is 12.1 Å². The van der Waals surface area contributed by atoms with Crippen molar-refractivity contribution in [2.45, 2.75) is 25.3 Å². The summed E-state index contributed by atoms with van der Waals surface area (Å²) in [5, 5.41) is 2.47. The molecule has 1 aliphatic heterocycles. The van der Waals surface area contributed by atoms with E-state index in [1.165, 1.54) is 11.9 Å². The van der Waals surface area contributed by atoms with Gasteiger partial charge in [0.15, 0.2) is 0 Å². The summed E-state index contributed by atoms with van der Waals surface area (Å²) in [6.45, 7) is 3.25. The lowest BCUT2D eigenvalue weighted by Gasteiger charge is -2.23. The summed E-state index contributed by atoms with van der Waals surface area (Å²) in [5.74, 6) is 0. The number of hydrogen-bond acceptors (Lipinski definition) is 2. The summed E-state index contributed by atoms with van der Waals surface area (Å²) < 4.78 is 0. The average Bonchev–Trinajstić information content (AvgIpc) is 2.77. The van der Waals surface area contributed by atoms with Crippen LogP contribution < -0.4 is 5.32 Å². The van der Waals surface area contributed by atoms with E-state index in [1.54, 1.807) is 0 Å². The molecule has 1 aliphatic carbocycles. The number of urea groups is 2. The van der Waals surface area contributed by atoms with Crippen LogP contribution in [0.15, 0.2) is 0 Å². The summed E-state index contributed by atoms with van der Waals surface area (Å²) in [7, 11) is 1.54. The van der Waals surface area contributed by atoms with E-state index >= 15 is 0 Å². The van der Waals surface area contributed by atoms with Crippen LogP contribution in [-0.4, -0.2) is 47.5 Å². The number of carbonyl (C=O) groups excluding carboxylic acids is 2. The largest absolute Gasteiger partial charge is 0.341 e. The van der Waals surface area contributed by atoms with Gasteiger partial charge in [-0.1, -0.05) is 0 Å². The van der Waals surface area contributed by atoms with Crippen LogP contribution in [0.4, 0.5) is 9.59 Å². The van der Waals surface area contributed by atoms with Crippen molar-refractivity contribution in [3.63, 3.8) is 0 Å². The molecule has 0 atom stereocenters. The molecule has 0 aromatic heterocycles. The minimum atomic E-state index is -0.304. The van der Waals surface area contributed by atoms with Gasteiger partial charge in [0.2, 0.25) is 0 Å². The Hall–Kier alpha value is -1.26. The number of amides is 4. The van der Waals surface area contributed by atoms with Gasteiger partial charge in [0.25, 0.3) is 0 Å². The number of carbonyl (C=O) groups is 2. The molecule has 1 heterocycles. The van der Waals surface area contributed by atoms with Gasteiger partial charge < -0.3 is 10.2 Å². The maximum atomic E-state index is 11.8. The van der Waals surface area contributed by atoms with Crippen molar-refractivity contribution < 1.29 is 9.59 Å². The molecule has 5 heteroatoms. The predicted molar refractivity (Wildman–Crippen MR) is 50.9 cm³/mol. The first-order valence-corrected chi connectivity index (χ1v) is 4.89. The Morgan fingerprint density at radius 1 is 1.43 bits per heavy atom. The van der Waals surface area contributed by atoms with Crippen LogP contribution in [0, 0.1) is 0 Å². The van der Waals surface area contributed by atoms with Gasteiger partial charge in [0.05, 0.1) is 0 Å². The Bertz CT molecular complexity index is 286. The molecular weight excluding hydrogens is 182 g/mol. The predicted octanol–water partition coefficient (Wildman–Crippen LogP) is 0.616. The van der Waals surface area contributed by atoms with Gasteiger partial charge in [0, 0.05) is 25.7 Å². The quantitative estimate of drug-likeness (QED) is 0.669. The fraction of sp³-hybridized carbons (Fsp3) is 0.778. The van der Waals surface area contributed by atoms with Gasteiger partial charge in [0.1, 0.15) is 0 Å². The second-order valence-electron chi connectivity index (χ2n) is 4.14. The Balaban J connectivity index is 2.07. The Kier molecular flexibility index (Phi) is 1.90. The monoisotopic (exact) mass is 197 g/mol. The normalized spacial score (nSPS) is 24.0. The maximum absolute atomic E-state index is 11.8. The van der Waals surface area contributed by atoms with Gasteiger partial charge in [-0.2, -0.15) is 0 Å². The zero-order valence-corrected chi connectivity index (χ0v) is 8.54. The highest BCUT2D eigenvalue weighted by Crippen LogP contribution is 2.42. The fourth-order valence-electron chi connectivity index (χ4n) is 1.81. The third-order valence-corrected chi connectivity index (χ3v) is 3.09. The number of imide groups is 1. The van der Waals surface area contributed by atoms with E-state index in [1.807, 2.05) is 4.90 Å². The summed E-state index contributed by atoms with van der Waals surface area (Å²) in [6.07, 6.45) is 2.11. The molecule has 5 nitrogen and oxygen atoms in total. The Morgan fingerprint density at radius 3 is 2.57 bits per heavy atom. The van der Waals surface area contributed by atoms with Gasteiger partial charge in [-0.3, -0.25) is 0 Å². The number of rotatable bonds is 1. The number of nitrogens with one attached hydrogen (secondary N) is 1. The SMILES string of the molecule is CNC(=O)N1CCN(C2(C)CC2)C1=O. The average molecular weight is 197 g/mol. The van der Waals surface area contributed by atoms with Crippen molar-refractivity contribution >= 4 is 12.1 Å². The van der Waals surface area contributed by atoms with Crippen LogP contribution in [0.3, 0.4) is 0 Å². The molecule has 0 aromatic carbocycles. The first-order valence-electron chi connectivity index (χ1n) is 4.89. The molecule has 14 heavy (non-hydrogen) atoms. The molecule has 0 spiro atoms. The van der Waals surface area contributed by atoms with Crippen LogP contribution in [-0.2, 0) is 0 Å².